The van der Waals surface area contributed by atoms with E-state index in [1.807, 2.05) is 0 Å². The second kappa shape index (κ2) is 4.03. The van der Waals surface area contributed by atoms with E-state index in [1.54, 1.807) is 0 Å². The molecule has 0 aliphatic heterocycles. The average Bonchev–Trinajstić information content (AvgIpc) is 2.44. The fourth-order valence-electron chi connectivity index (χ4n) is 0.602. The Bertz CT molecular complexity index is 360. The van der Waals surface area contributed by atoms with Crippen LogP contribution in [0.4, 0.5) is 13.2 Å². The molecule has 0 N–H and O–H groups in total. The van der Waals surface area contributed by atoms with Crippen LogP contribution in [-0.4, -0.2) is 12.8 Å². The van der Waals surface area contributed by atoms with Crippen LogP contribution in [0.3, 0.4) is 0 Å². The number of ether oxygens (including phenoxy) is 1. The molecule has 0 fully saturated rings. The van der Waals surface area contributed by atoms with Gasteiger partial charge in [0.2, 0.25) is 0 Å². The Morgan fingerprint density at radius 2 is 2.21 bits per heavy atom. The minimum Gasteiger partial charge on any atom is -0.459 e. The van der Waals surface area contributed by atoms with Crippen LogP contribution in [0.2, 0.25) is 0 Å². The van der Waals surface area contributed by atoms with Gasteiger partial charge in [0.05, 0.1) is 0 Å². The van der Waals surface area contributed by atoms with Gasteiger partial charge in [-0.15, -0.1) is 0 Å². The van der Waals surface area contributed by atoms with Gasteiger partial charge in [-0.2, -0.15) is 13.2 Å². The van der Waals surface area contributed by atoms with Crippen molar-refractivity contribution in [2.24, 2.45) is 0 Å². The highest BCUT2D eigenvalue weighted by atomic mass is 19.4. The second-order valence-corrected chi connectivity index (χ2v) is 2.16. The van der Waals surface area contributed by atoms with E-state index < -0.39 is 12.0 Å². The van der Waals surface area contributed by atoms with Crippen LogP contribution in [0.5, 0.6) is 5.95 Å². The summed E-state index contributed by atoms with van der Waals surface area (Å²) in [6, 6.07) is 0. The van der Waals surface area contributed by atoms with E-state index in [-0.39, 0.29) is 18.6 Å². The van der Waals surface area contributed by atoms with Crippen LogP contribution in [-0.2, 0) is 0 Å². The number of rotatable bonds is 3. The third kappa shape index (κ3) is 3.83. The van der Waals surface area contributed by atoms with Gasteiger partial charge in [-0.05, 0) is 6.08 Å². The molecule has 0 saturated carbocycles. The SMILES string of the molecule is O=c1occ(OC/C=C\C(F)(F)F)o1. The van der Waals surface area contributed by atoms with Gasteiger partial charge < -0.3 is 13.6 Å². The molecule has 0 unspecified atom stereocenters. The number of hydrogen-bond donors (Lipinski definition) is 0. The van der Waals surface area contributed by atoms with Gasteiger partial charge in [-0.25, -0.2) is 4.79 Å². The fourth-order valence-corrected chi connectivity index (χ4v) is 0.602. The number of alkyl halides is 3. The fraction of sp³-hybridized carbons (Fsp3) is 0.286. The van der Waals surface area contributed by atoms with Crippen molar-refractivity contribution in [2.75, 3.05) is 6.61 Å². The van der Waals surface area contributed by atoms with Gasteiger partial charge in [-0.1, -0.05) is 0 Å². The van der Waals surface area contributed by atoms with E-state index in [0.717, 1.165) is 12.3 Å². The molecule has 0 aliphatic carbocycles. The summed E-state index contributed by atoms with van der Waals surface area (Å²) in [7, 11) is 0. The van der Waals surface area contributed by atoms with Crippen molar-refractivity contribution in [2.45, 2.75) is 6.18 Å². The Hall–Kier alpha value is -1.66. The first-order valence-electron chi connectivity index (χ1n) is 3.43. The average molecular weight is 210 g/mol. The molecule has 0 spiro atoms. The highest BCUT2D eigenvalue weighted by molar-refractivity contribution is 4.95. The molecule has 0 atom stereocenters. The normalized spacial score (nSPS) is 12.2. The van der Waals surface area contributed by atoms with Gasteiger partial charge in [0.1, 0.15) is 6.61 Å². The van der Waals surface area contributed by atoms with Crippen molar-refractivity contribution >= 4 is 0 Å². The first-order chi connectivity index (χ1) is 6.47. The molecule has 1 aromatic heterocycles. The molecular formula is C7H5F3O4. The summed E-state index contributed by atoms with van der Waals surface area (Å²) in [6.45, 7) is -0.359. The lowest BCUT2D eigenvalue weighted by atomic mass is 10.5. The summed E-state index contributed by atoms with van der Waals surface area (Å²) < 4.78 is 47.7. The molecule has 0 radical (unpaired) electrons. The van der Waals surface area contributed by atoms with E-state index >= 15 is 0 Å². The summed E-state index contributed by atoms with van der Waals surface area (Å²) in [5.74, 6) is -1.23. The first-order valence-corrected chi connectivity index (χ1v) is 3.43. The summed E-state index contributed by atoms with van der Waals surface area (Å²) in [6.07, 6.45) is -2.75. The van der Waals surface area contributed by atoms with Gasteiger partial charge in [0.25, 0.3) is 0 Å². The Morgan fingerprint density at radius 3 is 2.71 bits per heavy atom. The lowest BCUT2D eigenvalue weighted by Gasteiger charge is -1.97. The zero-order valence-electron chi connectivity index (χ0n) is 6.71. The van der Waals surface area contributed by atoms with Gasteiger partial charge >= 0.3 is 17.9 Å². The predicted octanol–water partition coefficient (Wildman–Crippen LogP) is 1.73. The van der Waals surface area contributed by atoms with Crippen LogP contribution in [0.1, 0.15) is 0 Å². The molecule has 0 amide bonds. The first kappa shape index (κ1) is 10.4. The molecule has 1 heterocycles. The Kier molecular flexibility index (Phi) is 3.00. The van der Waals surface area contributed by atoms with Crippen molar-refractivity contribution in [3.63, 3.8) is 0 Å². The van der Waals surface area contributed by atoms with Gasteiger partial charge in [0, 0.05) is 6.08 Å². The van der Waals surface area contributed by atoms with E-state index in [0.29, 0.717) is 0 Å². The third-order valence-electron chi connectivity index (χ3n) is 1.06. The lowest BCUT2D eigenvalue weighted by Crippen LogP contribution is -2.02. The Labute approximate surface area is 75.6 Å². The molecule has 4 nitrogen and oxygen atoms in total. The highest BCUT2D eigenvalue weighted by Crippen LogP contribution is 2.15. The molecule has 0 bridgehead atoms. The molecule has 0 saturated heterocycles. The largest absolute Gasteiger partial charge is 0.521 e. The van der Waals surface area contributed by atoms with E-state index in [1.165, 1.54) is 0 Å². The maximum Gasteiger partial charge on any atom is 0.521 e. The number of halogens is 3. The van der Waals surface area contributed by atoms with Gasteiger partial charge in [-0.3, -0.25) is 0 Å². The summed E-state index contributed by atoms with van der Waals surface area (Å²) in [4.78, 5) is 10.3. The van der Waals surface area contributed by atoms with Crippen molar-refractivity contribution in [3.8, 4) is 5.95 Å². The van der Waals surface area contributed by atoms with E-state index in [9.17, 15) is 18.0 Å². The monoisotopic (exact) mass is 210 g/mol. The van der Waals surface area contributed by atoms with E-state index in [4.69, 9.17) is 0 Å². The molecule has 1 rings (SSSR count). The summed E-state index contributed by atoms with van der Waals surface area (Å²) in [5.41, 5.74) is 0. The molecule has 0 aliphatic rings. The molecule has 78 valence electrons. The zero-order chi connectivity index (χ0) is 10.6. The molecule has 7 heteroatoms. The van der Waals surface area contributed by atoms with Crippen molar-refractivity contribution < 1.29 is 26.7 Å². The van der Waals surface area contributed by atoms with Crippen LogP contribution in [0, 0.1) is 0 Å². The summed E-state index contributed by atoms with van der Waals surface area (Å²) >= 11 is 0. The van der Waals surface area contributed by atoms with Crippen LogP contribution in [0.25, 0.3) is 0 Å². The second-order valence-electron chi connectivity index (χ2n) is 2.16. The van der Waals surface area contributed by atoms with E-state index in [2.05, 4.69) is 13.6 Å². The zero-order valence-corrected chi connectivity index (χ0v) is 6.71. The summed E-state index contributed by atoms with van der Waals surface area (Å²) in [5, 5.41) is 0. The smallest absolute Gasteiger partial charge is 0.459 e. The number of allylic oxidation sites excluding steroid dienone is 1. The quantitative estimate of drug-likeness (QED) is 0.713. The van der Waals surface area contributed by atoms with Gasteiger partial charge in [0.15, 0.2) is 6.26 Å². The van der Waals surface area contributed by atoms with Crippen LogP contribution >= 0.6 is 0 Å². The van der Waals surface area contributed by atoms with Crippen LogP contribution < -0.4 is 10.6 Å². The Morgan fingerprint density at radius 1 is 1.50 bits per heavy atom. The van der Waals surface area contributed by atoms with Crippen LogP contribution in [0.15, 0.2) is 32.0 Å². The molecule has 0 aromatic carbocycles. The lowest BCUT2D eigenvalue weighted by molar-refractivity contribution is -0.0802. The predicted molar refractivity (Wildman–Crippen MR) is 37.9 cm³/mol. The molecule has 1 aromatic rings. The van der Waals surface area contributed by atoms with Crippen molar-refractivity contribution in [3.05, 3.63) is 29.0 Å². The highest BCUT2D eigenvalue weighted by Gasteiger charge is 2.21. The minimum absolute atomic E-state index is 0.0190. The minimum atomic E-state index is -4.37. The topological polar surface area (TPSA) is 52.6 Å². The standard InChI is InChI=1S/C7H5F3O4/c8-7(9,10)2-1-3-12-5-4-13-6(11)14-5/h1-2,4H,3H2/b2-1-. The number of hydrogen-bond acceptors (Lipinski definition) is 4. The van der Waals surface area contributed by atoms with Crippen molar-refractivity contribution in [1.82, 2.24) is 0 Å². The molecule has 14 heavy (non-hydrogen) atoms. The Balaban J connectivity index is 2.36. The maximum atomic E-state index is 11.6. The molecular weight excluding hydrogens is 205 g/mol. The van der Waals surface area contributed by atoms with Crippen molar-refractivity contribution in [1.29, 1.82) is 0 Å². The third-order valence-corrected chi connectivity index (χ3v) is 1.06. The maximum absolute atomic E-state index is 11.6.